The van der Waals surface area contributed by atoms with Crippen LogP contribution in [-0.2, 0) is 0 Å². The van der Waals surface area contributed by atoms with Crippen LogP contribution in [0.5, 0.6) is 11.5 Å². The third-order valence-electron chi connectivity index (χ3n) is 4.73. The summed E-state index contributed by atoms with van der Waals surface area (Å²) >= 11 is 0. The van der Waals surface area contributed by atoms with Crippen molar-refractivity contribution >= 4 is 28.0 Å². The van der Waals surface area contributed by atoms with Crippen LogP contribution in [0.2, 0.25) is 0 Å². The number of carboxylic acid groups (broad SMARTS) is 1. The van der Waals surface area contributed by atoms with Crippen LogP contribution in [0.15, 0.2) is 24.3 Å². The first kappa shape index (κ1) is 16.2. The van der Waals surface area contributed by atoms with Crippen LogP contribution in [0.25, 0.3) is 16.3 Å². The van der Waals surface area contributed by atoms with E-state index in [0.29, 0.717) is 10.8 Å². The third kappa shape index (κ3) is 2.19. The van der Waals surface area contributed by atoms with E-state index in [4.69, 9.17) is 0 Å². The Morgan fingerprint density at radius 3 is 2.42 bits per heavy atom. The third-order valence-corrected chi connectivity index (χ3v) is 4.73. The molecule has 0 spiro atoms. The van der Waals surface area contributed by atoms with Crippen molar-refractivity contribution in [1.29, 1.82) is 0 Å². The number of anilines is 1. The Morgan fingerprint density at radius 2 is 1.83 bits per heavy atom. The highest BCUT2D eigenvalue weighted by Crippen LogP contribution is 2.45. The average molecular weight is 327 g/mol. The molecule has 24 heavy (non-hydrogen) atoms. The molecule has 0 fully saturated rings. The maximum atomic E-state index is 11.3. The van der Waals surface area contributed by atoms with Gasteiger partial charge in [-0.15, -0.1) is 0 Å². The summed E-state index contributed by atoms with van der Waals surface area (Å²) in [5.74, 6) is -2.26. The Hall–Kier alpha value is -2.69. The number of rotatable bonds is 2. The molecule has 2 aromatic carbocycles. The summed E-state index contributed by atoms with van der Waals surface area (Å²) in [5, 5.41) is 30.5. The van der Waals surface area contributed by atoms with Gasteiger partial charge in [0.05, 0.1) is 5.54 Å². The zero-order valence-electron chi connectivity index (χ0n) is 14.2. The minimum atomic E-state index is -1.27. The highest BCUT2D eigenvalue weighted by Gasteiger charge is 2.31. The minimum absolute atomic E-state index is 0.168. The summed E-state index contributed by atoms with van der Waals surface area (Å²) < 4.78 is 0. The number of likely N-dealkylation sites (N-methyl/N-ethyl adjacent to an activating group) is 1. The van der Waals surface area contributed by atoms with Crippen molar-refractivity contribution in [3.8, 4) is 11.5 Å². The lowest BCUT2D eigenvalue weighted by Gasteiger charge is -2.43. The predicted molar refractivity (Wildman–Crippen MR) is 95.0 cm³/mol. The van der Waals surface area contributed by atoms with Crippen molar-refractivity contribution in [2.75, 3.05) is 11.4 Å². The molecule has 0 aliphatic carbocycles. The number of hydrogen-bond acceptors (Lipinski definition) is 4. The number of carbonyl (C=O) groups is 1. The lowest BCUT2D eigenvalue weighted by atomic mass is 9.87. The molecule has 126 valence electrons. The van der Waals surface area contributed by atoms with Crippen LogP contribution in [0.1, 0.15) is 43.6 Å². The van der Waals surface area contributed by atoms with Crippen molar-refractivity contribution in [2.24, 2.45) is 0 Å². The van der Waals surface area contributed by atoms with Crippen molar-refractivity contribution < 1.29 is 20.1 Å². The second-order valence-corrected chi connectivity index (χ2v) is 6.74. The van der Waals surface area contributed by atoms with E-state index in [1.54, 1.807) is 0 Å². The van der Waals surface area contributed by atoms with E-state index >= 15 is 0 Å². The van der Waals surface area contributed by atoms with Crippen LogP contribution < -0.4 is 4.90 Å². The number of benzene rings is 2. The van der Waals surface area contributed by atoms with Gasteiger partial charge in [-0.2, -0.15) is 0 Å². The fourth-order valence-corrected chi connectivity index (χ4v) is 3.68. The molecule has 5 heteroatoms. The van der Waals surface area contributed by atoms with Crippen molar-refractivity contribution in [2.45, 2.75) is 33.2 Å². The molecule has 0 bridgehead atoms. The van der Waals surface area contributed by atoms with Crippen molar-refractivity contribution in [3.63, 3.8) is 0 Å². The SMILES string of the molecule is CCN1c2cc3c(O)c(O)c(C(=O)O)cc3cc2C(C)=CC1(C)C. The van der Waals surface area contributed by atoms with Crippen LogP contribution in [0.4, 0.5) is 5.69 Å². The second-order valence-electron chi connectivity index (χ2n) is 6.74. The molecule has 1 heterocycles. The number of fused-ring (bicyclic) bond motifs is 2. The maximum Gasteiger partial charge on any atom is 0.339 e. The molecule has 3 rings (SSSR count). The quantitative estimate of drug-likeness (QED) is 0.727. The van der Waals surface area contributed by atoms with Gasteiger partial charge >= 0.3 is 5.97 Å². The first-order chi connectivity index (χ1) is 11.2. The summed E-state index contributed by atoms with van der Waals surface area (Å²) in [4.78, 5) is 13.5. The normalized spacial score (nSPS) is 16.0. The van der Waals surface area contributed by atoms with Crippen LogP contribution in [0.3, 0.4) is 0 Å². The van der Waals surface area contributed by atoms with Gasteiger partial charge < -0.3 is 20.2 Å². The molecule has 1 aliphatic rings. The Bertz CT molecular complexity index is 896. The van der Waals surface area contributed by atoms with Gasteiger partial charge in [-0.1, -0.05) is 6.08 Å². The fraction of sp³-hybridized carbons (Fsp3) is 0.316. The average Bonchev–Trinajstić information content (AvgIpc) is 2.49. The smallest absolute Gasteiger partial charge is 0.339 e. The van der Waals surface area contributed by atoms with Gasteiger partial charge in [0.25, 0.3) is 0 Å². The summed E-state index contributed by atoms with van der Waals surface area (Å²) in [6, 6.07) is 5.10. The summed E-state index contributed by atoms with van der Waals surface area (Å²) in [6.07, 6.45) is 2.18. The lowest BCUT2D eigenvalue weighted by Crippen LogP contribution is -2.44. The predicted octanol–water partition coefficient (Wildman–Crippen LogP) is 3.97. The van der Waals surface area contributed by atoms with E-state index in [2.05, 4.69) is 31.7 Å². The highest BCUT2D eigenvalue weighted by molar-refractivity contribution is 6.04. The molecule has 3 N–H and O–H groups in total. The highest BCUT2D eigenvalue weighted by atomic mass is 16.4. The van der Waals surface area contributed by atoms with E-state index in [1.165, 1.54) is 6.07 Å². The monoisotopic (exact) mass is 327 g/mol. The van der Waals surface area contributed by atoms with Crippen molar-refractivity contribution in [1.82, 2.24) is 0 Å². The molecule has 0 unspecified atom stereocenters. The molecule has 0 saturated carbocycles. The van der Waals surface area contributed by atoms with Crippen molar-refractivity contribution in [3.05, 3.63) is 35.4 Å². The zero-order valence-corrected chi connectivity index (χ0v) is 14.2. The van der Waals surface area contributed by atoms with Gasteiger partial charge in [-0.05, 0) is 56.9 Å². The van der Waals surface area contributed by atoms with E-state index in [1.807, 2.05) is 19.1 Å². The molecular weight excluding hydrogens is 306 g/mol. The van der Waals surface area contributed by atoms with Gasteiger partial charge in [-0.3, -0.25) is 0 Å². The summed E-state index contributed by atoms with van der Waals surface area (Å²) in [5.41, 5.74) is 2.60. The molecule has 1 aliphatic heterocycles. The number of nitrogens with zero attached hydrogens (tertiary/aromatic N) is 1. The van der Waals surface area contributed by atoms with Crippen LogP contribution in [-0.4, -0.2) is 33.4 Å². The topological polar surface area (TPSA) is 81.0 Å². The number of aromatic carboxylic acids is 1. The van der Waals surface area contributed by atoms with Gasteiger partial charge in [0, 0.05) is 23.2 Å². The first-order valence-corrected chi connectivity index (χ1v) is 7.90. The number of allylic oxidation sites excluding steroid dienone is 1. The Labute approximate surface area is 140 Å². The number of phenols is 2. The van der Waals surface area contributed by atoms with Gasteiger partial charge in [-0.25, -0.2) is 4.79 Å². The first-order valence-electron chi connectivity index (χ1n) is 7.90. The van der Waals surface area contributed by atoms with E-state index in [-0.39, 0.29) is 11.1 Å². The number of phenolic OH excluding ortho intramolecular Hbond substituents is 1. The largest absolute Gasteiger partial charge is 0.504 e. The van der Waals surface area contributed by atoms with E-state index < -0.39 is 17.5 Å². The Kier molecular flexibility index (Phi) is 3.48. The fourth-order valence-electron chi connectivity index (χ4n) is 3.68. The van der Waals surface area contributed by atoms with Crippen LogP contribution in [0, 0.1) is 0 Å². The molecule has 0 atom stereocenters. The number of hydrogen-bond donors (Lipinski definition) is 3. The van der Waals surface area contributed by atoms with Gasteiger partial charge in [0.2, 0.25) is 0 Å². The lowest BCUT2D eigenvalue weighted by molar-refractivity contribution is 0.0693. The minimum Gasteiger partial charge on any atom is -0.504 e. The Balaban J connectivity index is 2.38. The Morgan fingerprint density at radius 1 is 1.17 bits per heavy atom. The molecule has 0 radical (unpaired) electrons. The molecule has 0 aromatic heterocycles. The molecule has 5 nitrogen and oxygen atoms in total. The second kappa shape index (κ2) is 5.16. The van der Waals surface area contributed by atoms with E-state index in [0.717, 1.165) is 23.4 Å². The molecular formula is C19H21NO4. The summed E-state index contributed by atoms with van der Waals surface area (Å²) in [6.45, 7) is 9.12. The zero-order chi connectivity index (χ0) is 17.8. The molecule has 0 saturated heterocycles. The molecule has 2 aromatic rings. The maximum absolute atomic E-state index is 11.3. The van der Waals surface area contributed by atoms with Crippen LogP contribution >= 0.6 is 0 Å². The number of aromatic hydroxyl groups is 2. The number of carboxylic acids is 1. The standard InChI is InChI=1S/C19H21NO4/c1-5-20-15-8-13-11(6-12(15)10(2)9-19(20,3)4)7-14(18(23)24)17(22)16(13)21/h6-9,21-22H,5H2,1-4H3,(H,23,24). The van der Waals surface area contributed by atoms with E-state index in [9.17, 15) is 20.1 Å². The summed E-state index contributed by atoms with van der Waals surface area (Å²) in [7, 11) is 0. The molecule has 0 amide bonds. The van der Waals surface area contributed by atoms with Gasteiger partial charge in [0.15, 0.2) is 11.5 Å². The van der Waals surface area contributed by atoms with Gasteiger partial charge in [0.1, 0.15) is 5.56 Å².